The van der Waals surface area contributed by atoms with Gasteiger partial charge in [0.15, 0.2) is 0 Å². The molecule has 204 valence electrons. The maximum atomic E-state index is 13.6. The molecule has 0 fully saturated rings. The Kier molecular flexibility index (Phi) is 9.03. The van der Waals surface area contributed by atoms with Crippen molar-refractivity contribution in [2.24, 2.45) is 5.92 Å². The van der Waals surface area contributed by atoms with Crippen molar-refractivity contribution in [1.82, 2.24) is 14.8 Å². The molecule has 38 heavy (non-hydrogen) atoms. The van der Waals surface area contributed by atoms with E-state index < -0.39 is 10.0 Å². The Morgan fingerprint density at radius 3 is 2.61 bits per heavy atom. The Hall–Kier alpha value is -2.99. The van der Waals surface area contributed by atoms with Gasteiger partial charge in [0.1, 0.15) is 17.4 Å². The van der Waals surface area contributed by atoms with Gasteiger partial charge >= 0.3 is 0 Å². The lowest BCUT2D eigenvalue weighted by Gasteiger charge is -2.35. The number of nitrogens with zero attached hydrogens (tertiary/aromatic N) is 3. The van der Waals surface area contributed by atoms with Crippen LogP contribution in [0.4, 0.5) is 5.69 Å². The van der Waals surface area contributed by atoms with Crippen molar-refractivity contribution in [3.63, 3.8) is 0 Å². The molecule has 1 aliphatic rings. The van der Waals surface area contributed by atoms with Crippen molar-refractivity contribution >= 4 is 33.0 Å². The van der Waals surface area contributed by atoms with Crippen molar-refractivity contribution in [3.05, 3.63) is 70.7 Å². The number of hydrogen-bond donors (Lipinski definition) is 1. The standard InChI is InChI=1S/C27H34N4O5S2/c1-19-15-31(17-26-28-12-13-37-26)20(2)18-36-24-11-10-21(29-38(33,34)22-8-6-5-7-9-22)14-23(24)27(32)30(3)16-25(19)35-4/h5-14,19-20,25,29H,15-18H2,1-4H3/t19-,20-,25+/m1/s1. The molecule has 2 aromatic carbocycles. The number of sulfonamides is 1. The van der Waals surface area contributed by atoms with E-state index in [4.69, 9.17) is 9.47 Å². The third kappa shape index (κ3) is 6.71. The van der Waals surface area contributed by atoms with E-state index >= 15 is 0 Å². The minimum atomic E-state index is -3.82. The normalized spacial score (nSPS) is 21.6. The van der Waals surface area contributed by atoms with Crippen LogP contribution in [-0.4, -0.2) is 75.1 Å². The topological polar surface area (TPSA) is 101 Å². The van der Waals surface area contributed by atoms with E-state index in [1.807, 2.05) is 5.38 Å². The Morgan fingerprint density at radius 2 is 1.92 bits per heavy atom. The van der Waals surface area contributed by atoms with Gasteiger partial charge in [0.05, 0.1) is 23.1 Å². The van der Waals surface area contributed by atoms with Crippen molar-refractivity contribution in [3.8, 4) is 5.75 Å². The number of benzene rings is 2. The second-order valence-electron chi connectivity index (χ2n) is 9.58. The number of carbonyl (C=O) groups excluding carboxylic acids is 1. The van der Waals surface area contributed by atoms with Gasteiger partial charge in [-0.15, -0.1) is 11.3 Å². The molecule has 4 rings (SSSR count). The van der Waals surface area contributed by atoms with Gasteiger partial charge in [0.25, 0.3) is 15.9 Å². The lowest BCUT2D eigenvalue weighted by atomic mass is 10.0. The van der Waals surface area contributed by atoms with Crippen LogP contribution >= 0.6 is 11.3 Å². The molecule has 1 N–H and O–H groups in total. The molecule has 0 saturated heterocycles. The predicted molar refractivity (Wildman–Crippen MR) is 148 cm³/mol. The fraction of sp³-hybridized carbons (Fsp3) is 0.407. The SMILES string of the molecule is CO[C@H]1CN(C)C(=O)c2cc(NS(=O)(=O)c3ccccc3)ccc2OC[C@@H](C)N(Cc2nccs2)C[C@H]1C. The van der Waals surface area contributed by atoms with Crippen molar-refractivity contribution in [2.75, 3.05) is 38.6 Å². The highest BCUT2D eigenvalue weighted by Gasteiger charge is 2.29. The highest BCUT2D eigenvalue weighted by Crippen LogP contribution is 2.28. The monoisotopic (exact) mass is 558 g/mol. The Balaban J connectivity index is 1.65. The van der Waals surface area contributed by atoms with Gasteiger partial charge < -0.3 is 14.4 Å². The highest BCUT2D eigenvalue weighted by atomic mass is 32.2. The highest BCUT2D eigenvalue weighted by molar-refractivity contribution is 7.92. The molecule has 2 heterocycles. The van der Waals surface area contributed by atoms with Crippen LogP contribution in [0.2, 0.25) is 0 Å². The summed E-state index contributed by atoms with van der Waals surface area (Å²) >= 11 is 1.62. The number of rotatable bonds is 6. The zero-order valence-corrected chi connectivity index (χ0v) is 23.7. The molecule has 1 amide bonds. The fourth-order valence-corrected chi connectivity index (χ4v) is 6.17. The van der Waals surface area contributed by atoms with Gasteiger partial charge in [-0.05, 0) is 43.2 Å². The Morgan fingerprint density at radius 1 is 1.16 bits per heavy atom. The summed E-state index contributed by atoms with van der Waals surface area (Å²) in [5, 5.41) is 2.99. The number of carbonyl (C=O) groups is 1. The number of aromatic nitrogens is 1. The van der Waals surface area contributed by atoms with E-state index in [1.54, 1.807) is 66.9 Å². The van der Waals surface area contributed by atoms with Crippen LogP contribution in [-0.2, 0) is 21.3 Å². The van der Waals surface area contributed by atoms with Gasteiger partial charge in [-0.2, -0.15) is 0 Å². The summed E-state index contributed by atoms with van der Waals surface area (Å²) in [7, 11) is -0.443. The summed E-state index contributed by atoms with van der Waals surface area (Å²) in [6.07, 6.45) is 1.61. The number of likely N-dealkylation sites (N-methyl/N-ethyl adjacent to an activating group) is 1. The van der Waals surface area contributed by atoms with Crippen LogP contribution in [0.1, 0.15) is 29.2 Å². The lowest BCUT2D eigenvalue weighted by Crippen LogP contribution is -2.46. The van der Waals surface area contributed by atoms with E-state index in [0.29, 0.717) is 25.4 Å². The number of anilines is 1. The molecular weight excluding hydrogens is 524 g/mol. The molecule has 1 aromatic heterocycles. The van der Waals surface area contributed by atoms with Gasteiger partial charge in [-0.25, -0.2) is 13.4 Å². The predicted octanol–water partition coefficient (Wildman–Crippen LogP) is 3.95. The maximum Gasteiger partial charge on any atom is 0.261 e. The van der Waals surface area contributed by atoms with Gasteiger partial charge in [-0.1, -0.05) is 25.1 Å². The molecule has 0 bridgehead atoms. The van der Waals surface area contributed by atoms with E-state index in [1.165, 1.54) is 18.2 Å². The summed E-state index contributed by atoms with van der Waals surface area (Å²) in [4.78, 5) is 22.1. The summed E-state index contributed by atoms with van der Waals surface area (Å²) in [5.41, 5.74) is 0.558. The first kappa shape index (κ1) is 28.0. The van der Waals surface area contributed by atoms with Crippen LogP contribution < -0.4 is 9.46 Å². The first-order valence-corrected chi connectivity index (χ1v) is 14.8. The van der Waals surface area contributed by atoms with Crippen LogP contribution in [0, 0.1) is 5.92 Å². The van der Waals surface area contributed by atoms with Crippen LogP contribution in [0.15, 0.2) is 65.0 Å². The number of ether oxygens (including phenoxy) is 2. The molecule has 3 aromatic rings. The molecule has 9 nitrogen and oxygen atoms in total. The summed E-state index contributed by atoms with van der Waals surface area (Å²) in [5.74, 6) is 0.247. The molecule has 3 atom stereocenters. The molecule has 0 saturated carbocycles. The molecular formula is C27H34N4O5S2. The minimum Gasteiger partial charge on any atom is -0.491 e. The van der Waals surface area contributed by atoms with Crippen molar-refractivity contribution in [2.45, 2.75) is 37.4 Å². The van der Waals surface area contributed by atoms with E-state index in [-0.39, 0.29) is 40.1 Å². The quantitative estimate of drug-likeness (QED) is 0.489. The third-order valence-electron chi connectivity index (χ3n) is 6.70. The number of fused-ring (bicyclic) bond motifs is 1. The van der Waals surface area contributed by atoms with E-state index in [9.17, 15) is 13.2 Å². The van der Waals surface area contributed by atoms with Crippen LogP contribution in [0.5, 0.6) is 5.75 Å². The average molecular weight is 559 g/mol. The zero-order chi connectivity index (χ0) is 27.3. The molecule has 0 unspecified atom stereocenters. The van der Waals surface area contributed by atoms with Gasteiger partial charge in [0, 0.05) is 50.6 Å². The van der Waals surface area contributed by atoms with Crippen molar-refractivity contribution in [1.29, 1.82) is 0 Å². The second-order valence-corrected chi connectivity index (χ2v) is 12.2. The molecule has 0 aliphatic carbocycles. The second kappa shape index (κ2) is 12.2. The number of thiazole rings is 1. The van der Waals surface area contributed by atoms with E-state index in [0.717, 1.165) is 11.6 Å². The van der Waals surface area contributed by atoms with Gasteiger partial charge in [0.2, 0.25) is 0 Å². The molecule has 0 radical (unpaired) electrons. The number of nitrogens with one attached hydrogen (secondary N) is 1. The largest absolute Gasteiger partial charge is 0.491 e. The van der Waals surface area contributed by atoms with Crippen LogP contribution in [0.3, 0.4) is 0 Å². The fourth-order valence-electron chi connectivity index (χ4n) is 4.45. The lowest BCUT2D eigenvalue weighted by molar-refractivity contribution is 0.00921. The van der Waals surface area contributed by atoms with Crippen molar-refractivity contribution < 1.29 is 22.7 Å². The average Bonchev–Trinajstić information content (AvgIpc) is 3.42. The number of methoxy groups -OCH3 is 1. The van der Waals surface area contributed by atoms with Crippen LogP contribution in [0.25, 0.3) is 0 Å². The Labute approximate surface area is 228 Å². The molecule has 1 aliphatic heterocycles. The summed E-state index contributed by atoms with van der Waals surface area (Å²) < 4.78 is 40.4. The zero-order valence-electron chi connectivity index (χ0n) is 22.0. The van der Waals surface area contributed by atoms with Gasteiger partial charge in [-0.3, -0.25) is 14.4 Å². The first-order chi connectivity index (χ1) is 18.2. The summed E-state index contributed by atoms with van der Waals surface area (Å²) in [6.45, 7) is 6.35. The molecule has 0 spiro atoms. The Bertz CT molecular complexity index is 1320. The molecule has 11 heteroatoms. The van der Waals surface area contributed by atoms with E-state index in [2.05, 4.69) is 28.5 Å². The minimum absolute atomic E-state index is 0.0234. The third-order valence-corrected chi connectivity index (χ3v) is 8.86. The maximum absolute atomic E-state index is 13.6. The summed E-state index contributed by atoms with van der Waals surface area (Å²) in [6, 6.07) is 12.9. The number of hydrogen-bond acceptors (Lipinski definition) is 8. The number of amides is 1. The smallest absolute Gasteiger partial charge is 0.261 e. The first-order valence-electron chi connectivity index (χ1n) is 12.4.